The molecule has 0 saturated carbocycles. The highest BCUT2D eigenvalue weighted by Gasteiger charge is 2.13. The van der Waals surface area contributed by atoms with Gasteiger partial charge in [-0.3, -0.25) is 0 Å². The lowest BCUT2D eigenvalue weighted by Gasteiger charge is -2.12. The number of nitrogens with zero attached hydrogens (tertiary/aromatic N) is 1. The van der Waals surface area contributed by atoms with Gasteiger partial charge >= 0.3 is 5.97 Å². The molecule has 0 fully saturated rings. The molecule has 176 valence electrons. The van der Waals surface area contributed by atoms with E-state index in [1.807, 2.05) is 24.3 Å². The van der Waals surface area contributed by atoms with Crippen LogP contribution in [0.25, 0.3) is 10.9 Å². The minimum Gasteiger partial charge on any atom is -0.477 e. The third-order valence-electron chi connectivity index (χ3n) is 6.09. The van der Waals surface area contributed by atoms with Crippen LogP contribution in [0.15, 0.2) is 48.5 Å². The first kappa shape index (κ1) is 24.8. The predicted molar refractivity (Wildman–Crippen MR) is 136 cm³/mol. The van der Waals surface area contributed by atoms with E-state index < -0.39 is 5.97 Å². The third-order valence-corrected chi connectivity index (χ3v) is 6.09. The summed E-state index contributed by atoms with van der Waals surface area (Å²) in [5.41, 5.74) is 3.16. The Labute approximate surface area is 198 Å². The van der Waals surface area contributed by atoms with E-state index in [4.69, 9.17) is 4.74 Å². The van der Waals surface area contributed by atoms with Crippen LogP contribution in [0.2, 0.25) is 0 Å². The fourth-order valence-corrected chi connectivity index (χ4v) is 4.11. The van der Waals surface area contributed by atoms with E-state index in [0.29, 0.717) is 17.0 Å². The number of carboxylic acids is 1. The summed E-state index contributed by atoms with van der Waals surface area (Å²) < 4.78 is 6.17. The van der Waals surface area contributed by atoms with E-state index >= 15 is 0 Å². The third kappa shape index (κ3) is 7.59. The summed E-state index contributed by atoms with van der Waals surface area (Å²) in [4.78, 5) is 15.9. The maximum absolute atomic E-state index is 11.6. The predicted octanol–water partition coefficient (Wildman–Crippen LogP) is 8.36. The highest BCUT2D eigenvalue weighted by Crippen LogP contribution is 2.31. The van der Waals surface area contributed by atoms with E-state index in [9.17, 15) is 9.90 Å². The van der Waals surface area contributed by atoms with Gasteiger partial charge in [0.2, 0.25) is 0 Å². The molecule has 0 aliphatic carbocycles. The Bertz CT molecular complexity index is 1030. The number of carboxylic acid groups (broad SMARTS) is 1. The normalized spacial score (nSPS) is 11.1. The Morgan fingerprint density at radius 1 is 0.788 bits per heavy atom. The molecule has 3 aromatic rings. The number of rotatable bonds is 14. The SMILES string of the molecule is CCCCCCCCCc1ccc(Oc2cc(C(=O)O)nc3ccc(CCCC)cc23)cc1. The van der Waals surface area contributed by atoms with E-state index in [1.165, 1.54) is 62.1 Å². The number of aromatic nitrogens is 1. The zero-order valence-electron chi connectivity index (χ0n) is 20.1. The summed E-state index contributed by atoms with van der Waals surface area (Å²) in [6, 6.07) is 15.7. The van der Waals surface area contributed by atoms with Gasteiger partial charge in [0, 0.05) is 11.5 Å². The van der Waals surface area contributed by atoms with Gasteiger partial charge in [-0.25, -0.2) is 9.78 Å². The molecule has 33 heavy (non-hydrogen) atoms. The summed E-state index contributed by atoms with van der Waals surface area (Å²) in [5, 5.41) is 10.3. The van der Waals surface area contributed by atoms with Crippen LogP contribution in [0.4, 0.5) is 0 Å². The van der Waals surface area contributed by atoms with E-state index in [0.717, 1.165) is 31.1 Å². The lowest BCUT2D eigenvalue weighted by Crippen LogP contribution is -2.02. The lowest BCUT2D eigenvalue weighted by molar-refractivity contribution is 0.0690. The minimum absolute atomic E-state index is 0.00522. The van der Waals surface area contributed by atoms with Gasteiger partial charge < -0.3 is 9.84 Å². The number of fused-ring (bicyclic) bond motifs is 1. The van der Waals surface area contributed by atoms with Crippen molar-refractivity contribution >= 4 is 16.9 Å². The van der Waals surface area contributed by atoms with Crippen LogP contribution >= 0.6 is 0 Å². The number of hydrogen-bond acceptors (Lipinski definition) is 3. The molecule has 0 atom stereocenters. The molecule has 0 bridgehead atoms. The molecule has 1 aromatic heterocycles. The number of ether oxygens (including phenoxy) is 1. The summed E-state index contributed by atoms with van der Waals surface area (Å²) in [6.07, 6.45) is 13.5. The molecule has 4 heteroatoms. The Hall–Kier alpha value is -2.88. The maximum Gasteiger partial charge on any atom is 0.354 e. The van der Waals surface area contributed by atoms with Crippen LogP contribution in [0.3, 0.4) is 0 Å². The molecule has 0 saturated heterocycles. The Balaban J connectivity index is 1.68. The van der Waals surface area contributed by atoms with Gasteiger partial charge in [0.1, 0.15) is 11.5 Å². The van der Waals surface area contributed by atoms with Crippen molar-refractivity contribution in [2.45, 2.75) is 84.5 Å². The molecular formula is C29H37NO3. The molecule has 1 N–H and O–H groups in total. The summed E-state index contributed by atoms with van der Waals surface area (Å²) in [6.45, 7) is 4.42. The molecule has 0 aliphatic heterocycles. The van der Waals surface area contributed by atoms with Gasteiger partial charge in [-0.1, -0.05) is 77.0 Å². The van der Waals surface area contributed by atoms with Gasteiger partial charge in [0.05, 0.1) is 5.52 Å². The van der Waals surface area contributed by atoms with Crippen molar-refractivity contribution in [3.8, 4) is 11.5 Å². The van der Waals surface area contributed by atoms with Crippen molar-refractivity contribution in [3.05, 3.63) is 65.4 Å². The maximum atomic E-state index is 11.6. The van der Waals surface area contributed by atoms with Crippen LogP contribution in [0.1, 0.15) is 93.3 Å². The molecule has 4 nitrogen and oxygen atoms in total. The van der Waals surface area contributed by atoms with E-state index in [2.05, 4.69) is 37.0 Å². The van der Waals surface area contributed by atoms with Crippen molar-refractivity contribution in [2.75, 3.05) is 0 Å². The first-order valence-corrected chi connectivity index (χ1v) is 12.5. The first-order chi connectivity index (χ1) is 16.1. The minimum atomic E-state index is -1.05. The van der Waals surface area contributed by atoms with E-state index in [-0.39, 0.29) is 5.69 Å². The van der Waals surface area contributed by atoms with Crippen molar-refractivity contribution in [3.63, 3.8) is 0 Å². The smallest absolute Gasteiger partial charge is 0.354 e. The number of pyridine rings is 1. The summed E-state index contributed by atoms with van der Waals surface area (Å²) >= 11 is 0. The van der Waals surface area contributed by atoms with Crippen LogP contribution in [-0.4, -0.2) is 16.1 Å². The topological polar surface area (TPSA) is 59.4 Å². The first-order valence-electron chi connectivity index (χ1n) is 12.5. The van der Waals surface area contributed by atoms with Gasteiger partial charge in [0.25, 0.3) is 0 Å². The van der Waals surface area contributed by atoms with Gasteiger partial charge in [-0.05, 0) is 61.1 Å². The average Bonchev–Trinajstić information content (AvgIpc) is 2.83. The van der Waals surface area contributed by atoms with Crippen molar-refractivity contribution in [2.24, 2.45) is 0 Å². The molecule has 3 rings (SSSR count). The van der Waals surface area contributed by atoms with Crippen molar-refractivity contribution in [1.82, 2.24) is 4.98 Å². The van der Waals surface area contributed by atoms with Gasteiger partial charge in [-0.15, -0.1) is 0 Å². The molecule has 0 amide bonds. The highest BCUT2D eigenvalue weighted by molar-refractivity contribution is 5.93. The van der Waals surface area contributed by atoms with Gasteiger partial charge in [0.15, 0.2) is 5.69 Å². The van der Waals surface area contributed by atoms with Crippen molar-refractivity contribution < 1.29 is 14.6 Å². The Morgan fingerprint density at radius 3 is 2.12 bits per heavy atom. The number of aryl methyl sites for hydroxylation is 2. The zero-order valence-corrected chi connectivity index (χ0v) is 20.1. The Morgan fingerprint density at radius 2 is 1.42 bits per heavy atom. The molecule has 0 aliphatic rings. The van der Waals surface area contributed by atoms with Crippen LogP contribution in [0.5, 0.6) is 11.5 Å². The molecule has 2 aromatic carbocycles. The van der Waals surface area contributed by atoms with Gasteiger partial charge in [-0.2, -0.15) is 0 Å². The molecule has 0 unspecified atom stereocenters. The molecule has 0 spiro atoms. The fraction of sp³-hybridized carbons (Fsp3) is 0.448. The molecule has 1 heterocycles. The van der Waals surface area contributed by atoms with Crippen LogP contribution in [0, 0.1) is 0 Å². The zero-order chi connectivity index (χ0) is 23.5. The summed E-state index contributed by atoms with van der Waals surface area (Å²) in [5.74, 6) is 0.193. The second kappa shape index (κ2) is 13.0. The fourth-order valence-electron chi connectivity index (χ4n) is 4.11. The average molecular weight is 448 g/mol. The molecule has 0 radical (unpaired) electrons. The second-order valence-corrected chi connectivity index (χ2v) is 8.88. The number of hydrogen-bond donors (Lipinski definition) is 1. The molecular weight excluding hydrogens is 410 g/mol. The quantitative estimate of drug-likeness (QED) is 0.252. The standard InChI is InChI=1S/C29H37NO3/c1-3-5-7-8-9-10-11-13-22-14-17-24(18-15-22)33-28-21-27(29(31)32)30-26-19-16-23(12-6-4-2)20-25(26)28/h14-21H,3-13H2,1-2H3,(H,31,32). The monoisotopic (exact) mass is 447 g/mol. The number of carbonyl (C=O) groups is 1. The number of aromatic carboxylic acids is 1. The number of benzene rings is 2. The van der Waals surface area contributed by atoms with Crippen molar-refractivity contribution in [1.29, 1.82) is 0 Å². The van der Waals surface area contributed by atoms with Crippen LogP contribution in [-0.2, 0) is 12.8 Å². The largest absolute Gasteiger partial charge is 0.477 e. The Kier molecular flexibility index (Phi) is 9.74. The highest BCUT2D eigenvalue weighted by atomic mass is 16.5. The number of unbranched alkanes of at least 4 members (excludes halogenated alkanes) is 7. The lowest BCUT2D eigenvalue weighted by atomic mass is 10.0. The summed E-state index contributed by atoms with van der Waals surface area (Å²) in [7, 11) is 0. The van der Waals surface area contributed by atoms with Crippen LogP contribution < -0.4 is 4.74 Å². The van der Waals surface area contributed by atoms with E-state index in [1.54, 1.807) is 0 Å². The second-order valence-electron chi connectivity index (χ2n) is 8.88.